The lowest BCUT2D eigenvalue weighted by Gasteiger charge is -2.27. The Labute approximate surface area is 177 Å². The third-order valence-corrected chi connectivity index (χ3v) is 5.25. The number of ketones is 1. The van der Waals surface area contributed by atoms with Crippen LogP contribution in [0.3, 0.4) is 0 Å². The fourth-order valence-corrected chi connectivity index (χ4v) is 3.75. The average Bonchev–Trinajstić information content (AvgIpc) is 2.94. The smallest absolute Gasteiger partial charge is 0.305 e. The van der Waals surface area contributed by atoms with Gasteiger partial charge in [-0.3, -0.25) is 25.2 Å². The second-order valence-corrected chi connectivity index (χ2v) is 8.87. The molecule has 1 aromatic carbocycles. The first-order valence-corrected chi connectivity index (χ1v) is 10.0. The lowest BCUT2D eigenvalue weighted by Crippen LogP contribution is -2.47. The summed E-state index contributed by atoms with van der Waals surface area (Å²) < 4.78 is 12.1. The van der Waals surface area contributed by atoms with Gasteiger partial charge in [-0.2, -0.15) is 0 Å². The number of nitrogens with one attached hydrogen (secondary N) is 2. The summed E-state index contributed by atoms with van der Waals surface area (Å²) in [4.78, 5) is 37.2. The van der Waals surface area contributed by atoms with Gasteiger partial charge in [0.05, 0.1) is 5.56 Å². The first-order valence-electron chi connectivity index (χ1n) is 9.25. The van der Waals surface area contributed by atoms with Crippen molar-refractivity contribution in [1.82, 2.24) is 10.9 Å². The summed E-state index contributed by atoms with van der Waals surface area (Å²) in [5.41, 5.74) is 5.42. The van der Waals surface area contributed by atoms with Crippen molar-refractivity contribution in [1.29, 1.82) is 0 Å². The quantitative estimate of drug-likeness (QED) is 0.674. The number of ether oxygens (including phenoxy) is 1. The van der Waals surface area contributed by atoms with Gasteiger partial charge in [-0.25, -0.2) is 0 Å². The number of halogens is 1. The van der Waals surface area contributed by atoms with Crippen LogP contribution in [0.25, 0.3) is 0 Å². The molecule has 0 saturated heterocycles. The van der Waals surface area contributed by atoms with E-state index < -0.39 is 17.9 Å². The molecule has 1 atom stereocenters. The van der Waals surface area contributed by atoms with E-state index in [1.165, 1.54) is 0 Å². The van der Waals surface area contributed by atoms with Gasteiger partial charge >= 0.3 is 5.91 Å². The molecule has 0 aliphatic heterocycles. The lowest BCUT2D eigenvalue weighted by molar-refractivity contribution is -0.128. The largest absolute Gasteiger partial charge is 0.481 e. The Kier molecular flexibility index (Phi) is 5.84. The van der Waals surface area contributed by atoms with Crippen molar-refractivity contribution in [3.05, 3.63) is 51.4 Å². The predicted molar refractivity (Wildman–Crippen MR) is 110 cm³/mol. The number of carbonyl (C=O) groups excluding carboxylic acids is 3. The molecule has 0 spiro atoms. The Morgan fingerprint density at radius 2 is 1.97 bits per heavy atom. The molecule has 8 heteroatoms. The van der Waals surface area contributed by atoms with E-state index in [9.17, 15) is 14.4 Å². The normalized spacial score (nSPS) is 16.0. The number of hydrogen-bond donors (Lipinski definition) is 2. The topological polar surface area (TPSA) is 97.6 Å². The Hall–Kier alpha value is -2.61. The monoisotopic (exact) mass is 462 g/mol. The second kappa shape index (κ2) is 8.02. The fourth-order valence-electron chi connectivity index (χ4n) is 3.37. The molecule has 0 radical (unpaired) electrons. The highest BCUT2D eigenvalue weighted by Crippen LogP contribution is 2.38. The van der Waals surface area contributed by atoms with Gasteiger partial charge < -0.3 is 9.15 Å². The molecule has 2 amide bonds. The predicted octanol–water partition coefficient (Wildman–Crippen LogP) is 3.73. The van der Waals surface area contributed by atoms with E-state index >= 15 is 0 Å². The van der Waals surface area contributed by atoms with Crippen molar-refractivity contribution >= 4 is 33.5 Å². The van der Waals surface area contributed by atoms with E-state index in [0.717, 1.165) is 4.47 Å². The summed E-state index contributed by atoms with van der Waals surface area (Å²) >= 11 is 3.33. The molecule has 2 N–H and O–H groups in total. The van der Waals surface area contributed by atoms with E-state index in [1.54, 1.807) is 32.0 Å². The molecule has 1 aliphatic rings. The van der Waals surface area contributed by atoms with Crippen molar-refractivity contribution in [3.8, 4) is 5.75 Å². The standard InChI is InChI=1S/C21H23BrN2O5/c1-11-17-15(25)9-21(3,4)10-16(17)29-18(11)20(27)24-23-19(26)12(2)28-14-7-5-6-13(22)8-14/h5-8,12H,9-10H2,1-4H3,(H,23,26)(H,24,27). The molecule has 1 unspecified atom stereocenters. The molecule has 1 aliphatic carbocycles. The maximum Gasteiger partial charge on any atom is 0.305 e. The molecule has 154 valence electrons. The van der Waals surface area contributed by atoms with Gasteiger partial charge in [-0.1, -0.05) is 35.8 Å². The number of hydrazine groups is 1. The molecular formula is C21H23BrN2O5. The zero-order valence-corrected chi connectivity index (χ0v) is 18.3. The molecule has 0 fully saturated rings. The van der Waals surface area contributed by atoms with Crippen LogP contribution in [0, 0.1) is 12.3 Å². The number of hydrogen-bond acceptors (Lipinski definition) is 5. The number of Topliss-reactive ketones (excluding diaryl/α,β-unsaturated/α-hetero) is 1. The number of amides is 2. The molecule has 1 heterocycles. The minimum atomic E-state index is -0.835. The van der Waals surface area contributed by atoms with Crippen LogP contribution < -0.4 is 15.6 Å². The Balaban J connectivity index is 1.64. The number of furan rings is 1. The van der Waals surface area contributed by atoms with Crippen LogP contribution in [0.15, 0.2) is 33.2 Å². The maximum atomic E-state index is 12.5. The molecule has 2 aromatic rings. The first-order chi connectivity index (χ1) is 13.6. The maximum absolute atomic E-state index is 12.5. The summed E-state index contributed by atoms with van der Waals surface area (Å²) in [6.45, 7) is 7.21. The van der Waals surface area contributed by atoms with Gasteiger partial charge in [-0.05, 0) is 37.5 Å². The van der Waals surface area contributed by atoms with E-state index in [-0.39, 0.29) is 17.0 Å². The Bertz CT molecular complexity index is 979. The number of fused-ring (bicyclic) bond motifs is 1. The highest BCUT2D eigenvalue weighted by molar-refractivity contribution is 9.10. The summed E-state index contributed by atoms with van der Waals surface area (Å²) in [6, 6.07) is 7.09. The van der Waals surface area contributed by atoms with Crippen molar-refractivity contribution < 1.29 is 23.5 Å². The van der Waals surface area contributed by atoms with E-state index in [0.29, 0.717) is 35.5 Å². The Morgan fingerprint density at radius 3 is 2.66 bits per heavy atom. The zero-order valence-electron chi connectivity index (χ0n) is 16.7. The molecular weight excluding hydrogens is 440 g/mol. The Morgan fingerprint density at radius 1 is 1.24 bits per heavy atom. The van der Waals surface area contributed by atoms with Crippen LogP contribution in [-0.2, 0) is 11.2 Å². The summed E-state index contributed by atoms with van der Waals surface area (Å²) in [6.07, 6.45) is 0.146. The third-order valence-electron chi connectivity index (χ3n) is 4.76. The summed E-state index contributed by atoms with van der Waals surface area (Å²) in [5.74, 6) is -0.107. The molecule has 0 bridgehead atoms. The van der Waals surface area contributed by atoms with Crippen LogP contribution in [0.1, 0.15) is 59.4 Å². The third kappa shape index (κ3) is 4.70. The van der Waals surface area contributed by atoms with Gasteiger partial charge in [0.15, 0.2) is 17.6 Å². The van der Waals surface area contributed by atoms with Crippen molar-refractivity contribution in [2.75, 3.05) is 0 Å². The van der Waals surface area contributed by atoms with Crippen LogP contribution in [-0.4, -0.2) is 23.7 Å². The SMILES string of the molecule is Cc1c(C(=O)NNC(=O)C(C)Oc2cccc(Br)c2)oc2c1C(=O)CC(C)(C)C2. The highest BCUT2D eigenvalue weighted by Gasteiger charge is 2.37. The zero-order chi connectivity index (χ0) is 21.3. The minimum Gasteiger partial charge on any atom is -0.481 e. The average molecular weight is 463 g/mol. The molecule has 0 saturated carbocycles. The van der Waals surface area contributed by atoms with Crippen molar-refractivity contribution in [2.45, 2.75) is 46.6 Å². The van der Waals surface area contributed by atoms with Gasteiger partial charge in [-0.15, -0.1) is 0 Å². The van der Waals surface area contributed by atoms with Crippen LogP contribution >= 0.6 is 15.9 Å². The van der Waals surface area contributed by atoms with Crippen LogP contribution in [0.4, 0.5) is 0 Å². The molecule has 29 heavy (non-hydrogen) atoms. The summed E-state index contributed by atoms with van der Waals surface area (Å²) in [7, 11) is 0. The number of benzene rings is 1. The second-order valence-electron chi connectivity index (χ2n) is 7.96. The van der Waals surface area contributed by atoms with Crippen molar-refractivity contribution in [3.63, 3.8) is 0 Å². The van der Waals surface area contributed by atoms with E-state index in [4.69, 9.17) is 9.15 Å². The van der Waals surface area contributed by atoms with Crippen molar-refractivity contribution in [2.24, 2.45) is 5.41 Å². The van der Waals surface area contributed by atoms with Gasteiger partial charge in [0.1, 0.15) is 11.5 Å². The first kappa shape index (κ1) is 21.1. The lowest BCUT2D eigenvalue weighted by atomic mass is 9.76. The number of carbonyl (C=O) groups is 3. The number of rotatable bonds is 4. The van der Waals surface area contributed by atoms with E-state index in [2.05, 4.69) is 26.8 Å². The molecule has 3 rings (SSSR count). The van der Waals surface area contributed by atoms with E-state index in [1.807, 2.05) is 19.9 Å². The van der Waals surface area contributed by atoms with Crippen LogP contribution in [0.5, 0.6) is 5.75 Å². The molecule has 1 aromatic heterocycles. The fraction of sp³-hybridized carbons (Fsp3) is 0.381. The van der Waals surface area contributed by atoms with Gasteiger partial charge in [0.25, 0.3) is 5.91 Å². The van der Waals surface area contributed by atoms with Crippen LogP contribution in [0.2, 0.25) is 0 Å². The highest BCUT2D eigenvalue weighted by atomic mass is 79.9. The summed E-state index contributed by atoms with van der Waals surface area (Å²) in [5, 5.41) is 0. The van der Waals surface area contributed by atoms with Gasteiger partial charge in [0.2, 0.25) is 0 Å². The molecule has 7 nitrogen and oxygen atoms in total. The minimum absolute atomic E-state index is 0.0295. The van der Waals surface area contributed by atoms with Gasteiger partial charge in [0, 0.05) is 22.9 Å².